The molecule has 4 rings (SSSR count). The zero-order chi connectivity index (χ0) is 17.2. The van der Waals surface area contributed by atoms with Crippen molar-refractivity contribution in [1.29, 1.82) is 0 Å². The lowest BCUT2D eigenvalue weighted by molar-refractivity contribution is 0.717. The number of hydrogen-bond acceptors (Lipinski definition) is 4. The van der Waals surface area contributed by atoms with Crippen molar-refractivity contribution in [2.24, 2.45) is 0 Å². The third-order valence-corrected chi connectivity index (χ3v) is 5.72. The number of aromatic nitrogens is 3. The van der Waals surface area contributed by atoms with E-state index in [0.29, 0.717) is 5.92 Å². The van der Waals surface area contributed by atoms with Crippen molar-refractivity contribution >= 4 is 34.3 Å². The molecule has 1 saturated carbocycles. The summed E-state index contributed by atoms with van der Waals surface area (Å²) >= 11 is 7.92. The molecule has 1 aliphatic carbocycles. The van der Waals surface area contributed by atoms with Gasteiger partial charge in [-0.15, -0.1) is 16.4 Å². The molecule has 0 atom stereocenters. The summed E-state index contributed by atoms with van der Waals surface area (Å²) in [4.78, 5) is 5.67. The fraction of sp³-hybridized carbons (Fsp3) is 0.368. The van der Waals surface area contributed by atoms with E-state index >= 15 is 0 Å². The van der Waals surface area contributed by atoms with Gasteiger partial charge in [0.25, 0.3) is 0 Å². The van der Waals surface area contributed by atoms with Crippen LogP contribution in [0.2, 0.25) is 5.28 Å². The minimum absolute atomic E-state index is 0.230. The standard InChI is InChI=1S/C19H19ClN4S/c1-2-6-16-15(13-7-3-4-8-13)11-17-18(22-19(20)23-24(16)17)21-12-14-9-5-10-25-14/h5,9-11,13H,3-4,7-8,12H2,1H3,(H,21,22,23). The zero-order valence-corrected chi connectivity index (χ0v) is 15.6. The van der Waals surface area contributed by atoms with E-state index in [-0.39, 0.29) is 5.28 Å². The van der Waals surface area contributed by atoms with E-state index in [1.807, 2.05) is 11.4 Å². The molecule has 0 unspecified atom stereocenters. The third kappa shape index (κ3) is 3.24. The number of nitrogens with zero attached hydrogens (tertiary/aromatic N) is 3. The first-order valence-electron chi connectivity index (χ1n) is 8.54. The molecule has 1 N–H and O–H groups in total. The van der Waals surface area contributed by atoms with Gasteiger partial charge in [-0.25, -0.2) is 4.52 Å². The van der Waals surface area contributed by atoms with Crippen molar-refractivity contribution in [3.63, 3.8) is 0 Å². The smallest absolute Gasteiger partial charge is 0.243 e. The van der Waals surface area contributed by atoms with Crippen LogP contribution < -0.4 is 5.32 Å². The van der Waals surface area contributed by atoms with Gasteiger partial charge in [0, 0.05) is 4.88 Å². The highest BCUT2D eigenvalue weighted by Gasteiger charge is 2.24. The molecule has 3 aromatic heterocycles. The van der Waals surface area contributed by atoms with Gasteiger partial charge in [-0.1, -0.05) is 24.8 Å². The maximum absolute atomic E-state index is 6.20. The fourth-order valence-electron chi connectivity index (χ4n) is 3.55. The summed E-state index contributed by atoms with van der Waals surface area (Å²) in [5.41, 5.74) is 3.18. The van der Waals surface area contributed by atoms with Gasteiger partial charge in [-0.2, -0.15) is 4.98 Å². The largest absolute Gasteiger partial charge is 0.363 e. The van der Waals surface area contributed by atoms with Crippen LogP contribution in [-0.4, -0.2) is 14.6 Å². The summed E-state index contributed by atoms with van der Waals surface area (Å²) in [6.45, 7) is 2.58. The first-order valence-corrected chi connectivity index (χ1v) is 9.80. The molecule has 1 fully saturated rings. The molecule has 1 aliphatic rings. The molecule has 0 amide bonds. The van der Waals surface area contributed by atoms with Gasteiger partial charge in [-0.3, -0.25) is 0 Å². The number of rotatable bonds is 4. The monoisotopic (exact) mass is 370 g/mol. The Morgan fingerprint density at radius 2 is 2.24 bits per heavy atom. The summed E-state index contributed by atoms with van der Waals surface area (Å²) in [5.74, 6) is 7.58. The lowest BCUT2D eigenvalue weighted by Crippen LogP contribution is -2.06. The van der Waals surface area contributed by atoms with Gasteiger partial charge in [-0.05, 0) is 66.3 Å². The van der Waals surface area contributed by atoms with Crippen molar-refractivity contribution < 1.29 is 0 Å². The van der Waals surface area contributed by atoms with Crippen LogP contribution in [0.1, 0.15) is 54.7 Å². The average Bonchev–Trinajstić information content (AvgIpc) is 3.34. The number of fused-ring (bicyclic) bond motifs is 1. The highest BCUT2D eigenvalue weighted by Crippen LogP contribution is 2.38. The molecule has 0 radical (unpaired) electrons. The van der Waals surface area contributed by atoms with Crippen LogP contribution in [0, 0.1) is 11.8 Å². The number of thiophene rings is 1. The van der Waals surface area contributed by atoms with Crippen LogP contribution in [0.15, 0.2) is 23.6 Å². The van der Waals surface area contributed by atoms with E-state index in [4.69, 9.17) is 11.6 Å². The maximum Gasteiger partial charge on any atom is 0.243 e. The van der Waals surface area contributed by atoms with Gasteiger partial charge < -0.3 is 5.32 Å². The van der Waals surface area contributed by atoms with Crippen molar-refractivity contribution in [3.8, 4) is 11.8 Å². The number of nitrogens with one attached hydrogen (secondary N) is 1. The molecule has 0 aliphatic heterocycles. The predicted molar refractivity (Wildman–Crippen MR) is 103 cm³/mol. The predicted octanol–water partition coefficient (Wildman–Crippen LogP) is 5.09. The highest BCUT2D eigenvalue weighted by atomic mass is 35.5. The van der Waals surface area contributed by atoms with E-state index in [1.165, 1.54) is 36.1 Å². The van der Waals surface area contributed by atoms with Crippen molar-refractivity contribution in [2.45, 2.75) is 45.1 Å². The Morgan fingerprint density at radius 3 is 2.96 bits per heavy atom. The summed E-state index contributed by atoms with van der Waals surface area (Å²) in [5, 5.41) is 10.1. The van der Waals surface area contributed by atoms with Crippen molar-refractivity contribution in [2.75, 3.05) is 5.32 Å². The lowest BCUT2D eigenvalue weighted by atomic mass is 9.98. The Labute approximate surface area is 156 Å². The second-order valence-corrected chi connectivity index (χ2v) is 7.63. The first-order chi connectivity index (χ1) is 12.3. The molecular formula is C19H19ClN4S. The molecule has 25 heavy (non-hydrogen) atoms. The Bertz CT molecular complexity index is 943. The molecule has 0 spiro atoms. The highest BCUT2D eigenvalue weighted by molar-refractivity contribution is 7.09. The molecule has 0 saturated heterocycles. The van der Waals surface area contributed by atoms with E-state index in [2.05, 4.69) is 50.8 Å². The van der Waals surface area contributed by atoms with Gasteiger partial charge in [0.1, 0.15) is 11.2 Å². The Kier molecular flexibility index (Phi) is 4.65. The average molecular weight is 371 g/mol. The Morgan fingerprint density at radius 1 is 1.40 bits per heavy atom. The van der Waals surface area contributed by atoms with Crippen LogP contribution in [0.25, 0.3) is 5.52 Å². The molecule has 4 nitrogen and oxygen atoms in total. The van der Waals surface area contributed by atoms with Crippen molar-refractivity contribution in [3.05, 3.63) is 45.0 Å². The molecule has 6 heteroatoms. The zero-order valence-electron chi connectivity index (χ0n) is 14.1. The van der Waals surface area contributed by atoms with E-state index in [0.717, 1.165) is 23.6 Å². The van der Waals surface area contributed by atoms with Gasteiger partial charge >= 0.3 is 0 Å². The summed E-state index contributed by atoms with van der Waals surface area (Å²) in [7, 11) is 0. The van der Waals surface area contributed by atoms with Crippen LogP contribution in [0.5, 0.6) is 0 Å². The van der Waals surface area contributed by atoms with E-state index < -0.39 is 0 Å². The lowest BCUT2D eigenvalue weighted by Gasteiger charge is -2.07. The summed E-state index contributed by atoms with van der Waals surface area (Å²) < 4.78 is 1.86. The van der Waals surface area contributed by atoms with Crippen LogP contribution in [-0.2, 0) is 6.54 Å². The number of anilines is 1. The second kappa shape index (κ2) is 7.07. The molecule has 3 heterocycles. The van der Waals surface area contributed by atoms with E-state index in [9.17, 15) is 0 Å². The van der Waals surface area contributed by atoms with Gasteiger partial charge in [0.2, 0.25) is 5.28 Å². The maximum atomic E-state index is 6.20. The van der Waals surface area contributed by atoms with Crippen molar-refractivity contribution in [1.82, 2.24) is 14.6 Å². The quantitative estimate of drug-likeness (QED) is 0.651. The van der Waals surface area contributed by atoms with Gasteiger partial charge in [0.15, 0.2) is 5.82 Å². The second-order valence-electron chi connectivity index (χ2n) is 6.26. The summed E-state index contributed by atoms with van der Waals surface area (Å²) in [6.07, 6.45) is 5.00. The molecular weight excluding hydrogens is 352 g/mol. The molecule has 0 bridgehead atoms. The minimum Gasteiger partial charge on any atom is -0.363 e. The SMILES string of the molecule is CC#Cc1c(C2CCCC2)cc2c(NCc3cccs3)nc(Cl)nn12. The fourth-order valence-corrected chi connectivity index (χ4v) is 4.36. The van der Waals surface area contributed by atoms with E-state index in [1.54, 1.807) is 11.3 Å². The van der Waals surface area contributed by atoms with Crippen LogP contribution in [0.4, 0.5) is 5.82 Å². The molecule has 3 aromatic rings. The van der Waals surface area contributed by atoms with Crippen LogP contribution >= 0.6 is 22.9 Å². The molecule has 0 aromatic carbocycles. The third-order valence-electron chi connectivity index (χ3n) is 4.68. The minimum atomic E-state index is 0.230. The number of halogens is 1. The number of hydrogen-bond donors (Lipinski definition) is 1. The normalized spacial score (nSPS) is 14.6. The molecule has 128 valence electrons. The topological polar surface area (TPSA) is 42.2 Å². The van der Waals surface area contributed by atoms with Crippen LogP contribution in [0.3, 0.4) is 0 Å². The first kappa shape index (κ1) is 16.4. The Hall–Kier alpha value is -2.03. The Balaban J connectivity index is 1.79. The van der Waals surface area contributed by atoms with Gasteiger partial charge in [0.05, 0.1) is 6.54 Å². The summed E-state index contributed by atoms with van der Waals surface area (Å²) in [6, 6.07) is 6.35.